The number of hydrazine groups is 1. The molecule has 0 aliphatic carbocycles. The van der Waals surface area contributed by atoms with Gasteiger partial charge in [-0.1, -0.05) is 62.4 Å². The van der Waals surface area contributed by atoms with Crippen LogP contribution < -0.4 is 10.6 Å². The zero-order chi connectivity index (χ0) is 20.7. The first kappa shape index (κ1) is 21.5. The lowest BCUT2D eigenvalue weighted by Crippen LogP contribution is -2.56. The molecule has 28 heavy (non-hydrogen) atoms. The first-order valence-electron chi connectivity index (χ1n) is 8.60. The lowest BCUT2D eigenvalue weighted by Gasteiger charge is -2.25. The number of amides is 2. The van der Waals surface area contributed by atoms with Gasteiger partial charge < -0.3 is 10.5 Å². The van der Waals surface area contributed by atoms with Crippen LogP contribution in [-0.2, 0) is 26.2 Å². The van der Waals surface area contributed by atoms with Crippen LogP contribution in [0.5, 0.6) is 0 Å². The van der Waals surface area contributed by atoms with Crippen molar-refractivity contribution in [2.24, 2.45) is 11.7 Å². The summed E-state index contributed by atoms with van der Waals surface area (Å²) in [6, 6.07) is 15.1. The molecule has 0 fully saturated rings. The molecule has 0 saturated carbocycles. The quantitative estimate of drug-likeness (QED) is 0.681. The maximum Gasteiger partial charge on any atom is 0.432 e. The van der Waals surface area contributed by atoms with E-state index >= 15 is 0 Å². The number of nitrogens with one attached hydrogen (secondary N) is 1. The number of carbonyl (C=O) groups is 2. The van der Waals surface area contributed by atoms with Crippen LogP contribution in [0, 0.1) is 5.92 Å². The van der Waals surface area contributed by atoms with Gasteiger partial charge in [-0.25, -0.2) is 13.2 Å². The monoisotopic (exact) mass is 405 g/mol. The summed E-state index contributed by atoms with van der Waals surface area (Å²) in [6.07, 6.45) is -1.16. The highest BCUT2D eigenvalue weighted by Crippen LogP contribution is 2.11. The normalized spacial score (nSPS) is 12.4. The molecule has 0 heterocycles. The summed E-state index contributed by atoms with van der Waals surface area (Å²) in [6.45, 7) is 3.23. The number of carbonyl (C=O) groups excluding carboxylic acids is 2. The fourth-order valence-corrected chi connectivity index (χ4v) is 3.19. The first-order valence-corrected chi connectivity index (χ1v) is 10.1. The topological polar surface area (TPSA) is 119 Å². The molecular formula is C19H23N3O5S. The molecule has 0 aromatic heterocycles. The Morgan fingerprint density at radius 2 is 1.57 bits per heavy atom. The number of hydrogen-bond donors (Lipinski definition) is 2. The molecule has 0 aliphatic heterocycles. The number of benzene rings is 2. The number of ether oxygens (including phenoxy) is 1. The molecule has 3 N–H and O–H groups in total. The third-order valence-electron chi connectivity index (χ3n) is 3.88. The molecular weight excluding hydrogens is 382 g/mol. The van der Waals surface area contributed by atoms with E-state index in [1.165, 1.54) is 24.3 Å². The van der Waals surface area contributed by atoms with Crippen molar-refractivity contribution in [3.8, 4) is 0 Å². The van der Waals surface area contributed by atoms with Gasteiger partial charge in [-0.3, -0.25) is 4.79 Å². The fourth-order valence-electron chi connectivity index (χ4n) is 2.16. The van der Waals surface area contributed by atoms with Crippen molar-refractivity contribution in [2.45, 2.75) is 31.4 Å². The minimum absolute atomic E-state index is 0.109. The van der Waals surface area contributed by atoms with Crippen molar-refractivity contribution in [3.05, 3.63) is 66.2 Å². The Labute approximate surface area is 164 Å². The Hall–Kier alpha value is -2.75. The van der Waals surface area contributed by atoms with Gasteiger partial charge in [0, 0.05) is 0 Å². The number of sulfonamides is 1. The van der Waals surface area contributed by atoms with Crippen LogP contribution in [0.15, 0.2) is 65.6 Å². The van der Waals surface area contributed by atoms with E-state index in [9.17, 15) is 18.0 Å². The van der Waals surface area contributed by atoms with Crippen molar-refractivity contribution < 1.29 is 22.7 Å². The zero-order valence-corrected chi connectivity index (χ0v) is 16.4. The van der Waals surface area contributed by atoms with Gasteiger partial charge in [0.05, 0.1) is 10.9 Å². The highest BCUT2D eigenvalue weighted by Gasteiger charge is 2.33. The van der Waals surface area contributed by atoms with Gasteiger partial charge in [-0.15, -0.1) is 4.83 Å². The Balaban J connectivity index is 2.23. The second-order valence-corrected chi connectivity index (χ2v) is 8.05. The second-order valence-electron chi connectivity index (χ2n) is 6.39. The number of nitrogens with two attached hydrogens (primary N) is 1. The Bertz CT molecular complexity index is 902. The minimum atomic E-state index is -4.19. The van der Waals surface area contributed by atoms with Crippen LogP contribution in [0.25, 0.3) is 0 Å². The van der Waals surface area contributed by atoms with Crippen molar-refractivity contribution in [3.63, 3.8) is 0 Å². The number of nitrogens with zero attached hydrogens (tertiary/aromatic N) is 1. The summed E-state index contributed by atoms with van der Waals surface area (Å²) in [5.41, 5.74) is 6.51. The van der Waals surface area contributed by atoms with Crippen LogP contribution in [0.1, 0.15) is 19.4 Å². The standard InChI is InChI=1S/C19H23N3O5S/c1-14(2)17(20)18(23)22(19(24)27-13-15-9-5-3-6-10-15)21-28(25,26)16-11-7-4-8-12-16/h3-12,14,17,21H,13,20H2,1-2H3/t17-/m0/s1. The predicted octanol–water partition coefficient (Wildman–Crippen LogP) is 2.03. The van der Waals surface area contributed by atoms with Crippen molar-refractivity contribution >= 4 is 22.0 Å². The van der Waals surface area contributed by atoms with E-state index in [0.717, 1.165) is 0 Å². The summed E-state index contributed by atoms with van der Waals surface area (Å²) in [4.78, 5) is 27.0. The number of hydrogen-bond acceptors (Lipinski definition) is 6. The van der Waals surface area contributed by atoms with Crippen LogP contribution >= 0.6 is 0 Å². The van der Waals surface area contributed by atoms with Crippen LogP contribution in [0.4, 0.5) is 4.79 Å². The molecule has 2 amide bonds. The molecule has 0 spiro atoms. The molecule has 8 nitrogen and oxygen atoms in total. The molecule has 2 rings (SSSR count). The van der Waals surface area contributed by atoms with Crippen LogP contribution in [0.3, 0.4) is 0 Å². The molecule has 2 aromatic rings. The molecule has 2 aromatic carbocycles. The van der Waals surface area contributed by atoms with E-state index in [1.54, 1.807) is 50.2 Å². The first-order chi connectivity index (χ1) is 13.2. The summed E-state index contributed by atoms with van der Waals surface area (Å²) in [5, 5.41) is 0.315. The number of rotatable bonds is 7. The molecule has 0 unspecified atom stereocenters. The average molecular weight is 405 g/mol. The van der Waals surface area contributed by atoms with E-state index < -0.39 is 28.1 Å². The second kappa shape index (κ2) is 9.45. The average Bonchev–Trinajstić information content (AvgIpc) is 2.70. The maximum atomic E-state index is 12.6. The highest BCUT2D eigenvalue weighted by molar-refractivity contribution is 7.89. The summed E-state index contributed by atoms with van der Waals surface area (Å²) >= 11 is 0. The predicted molar refractivity (Wildman–Crippen MR) is 103 cm³/mol. The van der Waals surface area contributed by atoms with Gasteiger partial charge in [0.1, 0.15) is 6.61 Å². The van der Waals surface area contributed by atoms with Gasteiger partial charge in [0.2, 0.25) is 0 Å². The van der Waals surface area contributed by atoms with Crippen LogP contribution in [-0.4, -0.2) is 31.5 Å². The highest BCUT2D eigenvalue weighted by atomic mass is 32.2. The molecule has 0 aliphatic rings. The molecule has 1 atom stereocenters. The van der Waals surface area contributed by atoms with Gasteiger partial charge in [0.25, 0.3) is 15.9 Å². The lowest BCUT2D eigenvalue weighted by molar-refractivity contribution is -0.133. The van der Waals surface area contributed by atoms with Crippen LogP contribution in [0.2, 0.25) is 0 Å². The zero-order valence-electron chi connectivity index (χ0n) is 15.6. The lowest BCUT2D eigenvalue weighted by atomic mass is 10.1. The van der Waals surface area contributed by atoms with E-state index in [0.29, 0.717) is 10.6 Å². The third kappa shape index (κ3) is 5.62. The van der Waals surface area contributed by atoms with E-state index in [-0.39, 0.29) is 17.4 Å². The minimum Gasteiger partial charge on any atom is -0.443 e. The molecule has 0 bridgehead atoms. The maximum absolute atomic E-state index is 12.6. The molecule has 150 valence electrons. The van der Waals surface area contributed by atoms with E-state index in [4.69, 9.17) is 10.5 Å². The molecule has 0 saturated heterocycles. The molecule has 0 radical (unpaired) electrons. The van der Waals surface area contributed by atoms with Gasteiger partial charge in [-0.05, 0) is 23.6 Å². The van der Waals surface area contributed by atoms with Gasteiger partial charge in [-0.2, -0.15) is 5.01 Å². The number of imide groups is 1. The van der Waals surface area contributed by atoms with Crippen molar-refractivity contribution in [1.29, 1.82) is 0 Å². The Morgan fingerprint density at radius 1 is 1.04 bits per heavy atom. The Kier molecular flexibility index (Phi) is 7.27. The Morgan fingerprint density at radius 3 is 2.11 bits per heavy atom. The van der Waals surface area contributed by atoms with Crippen molar-refractivity contribution in [2.75, 3.05) is 0 Å². The van der Waals surface area contributed by atoms with E-state index in [2.05, 4.69) is 0 Å². The van der Waals surface area contributed by atoms with Crippen molar-refractivity contribution in [1.82, 2.24) is 9.84 Å². The third-order valence-corrected chi connectivity index (χ3v) is 5.19. The van der Waals surface area contributed by atoms with Gasteiger partial charge in [0.15, 0.2) is 0 Å². The fraction of sp³-hybridized carbons (Fsp3) is 0.263. The largest absolute Gasteiger partial charge is 0.443 e. The summed E-state index contributed by atoms with van der Waals surface area (Å²) < 4.78 is 30.2. The SMILES string of the molecule is CC(C)[C@H](N)C(=O)N(NS(=O)(=O)c1ccccc1)C(=O)OCc1ccccc1. The molecule has 9 heteroatoms. The summed E-state index contributed by atoms with van der Waals surface area (Å²) in [7, 11) is -4.19. The smallest absolute Gasteiger partial charge is 0.432 e. The summed E-state index contributed by atoms with van der Waals surface area (Å²) in [5.74, 6) is -1.23. The van der Waals surface area contributed by atoms with Gasteiger partial charge >= 0.3 is 6.09 Å². The van der Waals surface area contributed by atoms with E-state index in [1.807, 2.05) is 4.83 Å².